The average Bonchev–Trinajstić information content (AvgIpc) is 2.53. The number of phenols is 1. The van der Waals surface area contributed by atoms with Crippen molar-refractivity contribution in [1.29, 1.82) is 5.26 Å². The summed E-state index contributed by atoms with van der Waals surface area (Å²) in [6.07, 6.45) is 3.89. The summed E-state index contributed by atoms with van der Waals surface area (Å²) in [4.78, 5) is 4.41. The minimum Gasteiger partial charge on any atom is -0.508 e. The number of pyridine rings is 1. The highest BCUT2D eigenvalue weighted by Crippen LogP contribution is 2.41. The molecule has 1 aliphatic carbocycles. The highest BCUT2D eigenvalue weighted by atomic mass is 16.5. The van der Waals surface area contributed by atoms with E-state index >= 15 is 0 Å². The molecule has 5 heteroatoms. The van der Waals surface area contributed by atoms with Crippen LogP contribution in [0.15, 0.2) is 18.2 Å². The predicted octanol–water partition coefficient (Wildman–Crippen LogP) is 2.80. The molecule has 0 fully saturated rings. The lowest BCUT2D eigenvalue weighted by atomic mass is 9.86. The molecule has 0 spiro atoms. The van der Waals surface area contributed by atoms with E-state index in [1.807, 2.05) is 0 Å². The van der Waals surface area contributed by atoms with Crippen molar-refractivity contribution in [3.8, 4) is 28.7 Å². The second-order valence-electron chi connectivity index (χ2n) is 5.38. The molecule has 0 atom stereocenters. The highest BCUT2D eigenvalue weighted by Gasteiger charge is 2.23. The third kappa shape index (κ3) is 2.23. The van der Waals surface area contributed by atoms with E-state index in [2.05, 4.69) is 11.1 Å². The number of ether oxygens (including phenoxy) is 1. The quantitative estimate of drug-likeness (QED) is 0.888. The van der Waals surface area contributed by atoms with E-state index in [-0.39, 0.29) is 11.6 Å². The van der Waals surface area contributed by atoms with E-state index < -0.39 is 0 Å². The lowest BCUT2D eigenvalue weighted by Crippen LogP contribution is -2.12. The number of methoxy groups -OCH3 is 1. The number of phenolic OH excluding ortho intramolecular Hbond substituents is 1. The Balaban J connectivity index is 2.35. The predicted molar refractivity (Wildman–Crippen MR) is 83.7 cm³/mol. The van der Waals surface area contributed by atoms with Gasteiger partial charge in [0.05, 0.1) is 7.11 Å². The van der Waals surface area contributed by atoms with Crippen molar-refractivity contribution in [3.63, 3.8) is 0 Å². The number of anilines is 1. The Morgan fingerprint density at radius 1 is 1.32 bits per heavy atom. The number of aryl methyl sites for hydroxylation is 1. The van der Waals surface area contributed by atoms with Crippen LogP contribution in [0, 0.1) is 11.3 Å². The Kier molecular flexibility index (Phi) is 3.60. The van der Waals surface area contributed by atoms with Crippen molar-refractivity contribution in [2.75, 3.05) is 12.8 Å². The van der Waals surface area contributed by atoms with Crippen LogP contribution in [-0.4, -0.2) is 17.2 Å². The third-order valence-corrected chi connectivity index (χ3v) is 4.07. The van der Waals surface area contributed by atoms with Crippen molar-refractivity contribution in [3.05, 3.63) is 35.0 Å². The summed E-state index contributed by atoms with van der Waals surface area (Å²) in [5, 5.41) is 19.2. The molecule has 1 aromatic heterocycles. The molecule has 112 valence electrons. The largest absolute Gasteiger partial charge is 0.508 e. The number of aromatic hydroxyl groups is 1. The van der Waals surface area contributed by atoms with Crippen molar-refractivity contribution in [1.82, 2.24) is 4.98 Å². The Labute approximate surface area is 129 Å². The minimum atomic E-state index is 0.120. The molecule has 3 rings (SSSR count). The van der Waals surface area contributed by atoms with E-state index in [0.717, 1.165) is 48.1 Å². The maximum Gasteiger partial charge on any atom is 0.142 e. The van der Waals surface area contributed by atoms with Gasteiger partial charge >= 0.3 is 0 Å². The van der Waals surface area contributed by atoms with Crippen LogP contribution in [0.5, 0.6) is 11.5 Å². The molecule has 1 aliphatic rings. The summed E-state index contributed by atoms with van der Waals surface area (Å²) in [7, 11) is 1.54. The smallest absolute Gasteiger partial charge is 0.142 e. The average molecular weight is 295 g/mol. The monoisotopic (exact) mass is 295 g/mol. The molecule has 0 aliphatic heterocycles. The van der Waals surface area contributed by atoms with Gasteiger partial charge in [-0.2, -0.15) is 5.26 Å². The second kappa shape index (κ2) is 5.57. The summed E-state index contributed by atoms with van der Waals surface area (Å²) in [6.45, 7) is 0. The van der Waals surface area contributed by atoms with Gasteiger partial charge in [0.1, 0.15) is 28.9 Å². The van der Waals surface area contributed by atoms with Gasteiger partial charge in [0.25, 0.3) is 0 Å². The molecule has 0 unspecified atom stereocenters. The lowest BCUT2D eigenvalue weighted by Gasteiger charge is -2.22. The van der Waals surface area contributed by atoms with Crippen LogP contribution in [-0.2, 0) is 12.8 Å². The van der Waals surface area contributed by atoms with E-state index in [9.17, 15) is 10.4 Å². The first-order valence-electron chi connectivity index (χ1n) is 7.24. The van der Waals surface area contributed by atoms with Crippen molar-refractivity contribution in [2.45, 2.75) is 25.7 Å². The lowest BCUT2D eigenvalue weighted by molar-refractivity contribution is 0.409. The first-order valence-corrected chi connectivity index (χ1v) is 7.24. The Bertz CT molecular complexity index is 778. The SMILES string of the molecule is COc1cc(O)ccc1-c1c(C#N)c(N)nc2c1CCCC2. The molecule has 1 heterocycles. The molecule has 0 bridgehead atoms. The van der Waals surface area contributed by atoms with E-state index in [1.165, 1.54) is 0 Å². The van der Waals surface area contributed by atoms with Crippen LogP contribution < -0.4 is 10.5 Å². The van der Waals surface area contributed by atoms with E-state index in [1.54, 1.807) is 25.3 Å². The molecule has 22 heavy (non-hydrogen) atoms. The van der Waals surface area contributed by atoms with Gasteiger partial charge in [0.15, 0.2) is 0 Å². The number of rotatable bonds is 2. The van der Waals surface area contributed by atoms with Gasteiger partial charge in [-0.3, -0.25) is 0 Å². The zero-order valence-electron chi connectivity index (χ0n) is 12.4. The molecule has 0 saturated heterocycles. The fourth-order valence-corrected chi connectivity index (χ4v) is 3.06. The van der Waals surface area contributed by atoms with Crippen LogP contribution in [0.1, 0.15) is 29.7 Å². The minimum absolute atomic E-state index is 0.120. The van der Waals surface area contributed by atoms with Gasteiger partial charge in [-0.15, -0.1) is 0 Å². The molecule has 0 radical (unpaired) electrons. The Hall–Kier alpha value is -2.74. The van der Waals surface area contributed by atoms with E-state index in [0.29, 0.717) is 11.3 Å². The zero-order chi connectivity index (χ0) is 15.7. The molecular weight excluding hydrogens is 278 g/mol. The fraction of sp³-hybridized carbons (Fsp3) is 0.294. The zero-order valence-corrected chi connectivity index (χ0v) is 12.4. The Morgan fingerprint density at radius 3 is 2.82 bits per heavy atom. The number of fused-ring (bicyclic) bond motifs is 1. The Morgan fingerprint density at radius 2 is 2.09 bits per heavy atom. The normalized spacial score (nSPS) is 13.3. The van der Waals surface area contributed by atoms with Crippen LogP contribution in [0.2, 0.25) is 0 Å². The third-order valence-electron chi connectivity index (χ3n) is 4.07. The maximum absolute atomic E-state index is 9.65. The van der Waals surface area contributed by atoms with Gasteiger partial charge in [-0.1, -0.05) is 0 Å². The number of nitrogens with zero attached hydrogens (tertiary/aromatic N) is 2. The number of benzene rings is 1. The molecular formula is C17H17N3O2. The molecule has 3 N–H and O–H groups in total. The van der Waals surface area contributed by atoms with Crippen molar-refractivity contribution in [2.24, 2.45) is 0 Å². The molecule has 1 aromatic carbocycles. The van der Waals surface area contributed by atoms with Crippen LogP contribution in [0.3, 0.4) is 0 Å². The topological polar surface area (TPSA) is 92.2 Å². The maximum atomic E-state index is 9.65. The standard InChI is InChI=1S/C17H17N3O2/c1-22-15-8-10(21)6-7-12(15)16-11-4-2-3-5-14(11)20-17(19)13(16)9-18/h6-8,21H,2-5H2,1H3,(H2,19,20). The van der Waals surface area contributed by atoms with Gasteiger partial charge in [-0.25, -0.2) is 4.98 Å². The van der Waals surface area contributed by atoms with Gasteiger partial charge in [-0.05, 0) is 43.4 Å². The number of nitrogen functional groups attached to an aromatic ring is 1. The van der Waals surface area contributed by atoms with Gasteiger partial charge in [0, 0.05) is 22.9 Å². The summed E-state index contributed by atoms with van der Waals surface area (Å²) < 4.78 is 5.38. The van der Waals surface area contributed by atoms with Gasteiger partial charge < -0.3 is 15.6 Å². The van der Waals surface area contributed by atoms with Crippen LogP contribution in [0.25, 0.3) is 11.1 Å². The van der Waals surface area contributed by atoms with E-state index in [4.69, 9.17) is 10.5 Å². The number of hydrogen-bond donors (Lipinski definition) is 2. The number of hydrogen-bond acceptors (Lipinski definition) is 5. The van der Waals surface area contributed by atoms with Crippen molar-refractivity contribution >= 4 is 5.82 Å². The first kappa shape index (κ1) is 14.2. The number of aromatic nitrogens is 1. The highest BCUT2D eigenvalue weighted by molar-refractivity contribution is 5.83. The number of nitrogens with two attached hydrogens (primary N) is 1. The summed E-state index contributed by atoms with van der Waals surface area (Å²) in [5.41, 5.74) is 9.97. The first-order chi connectivity index (χ1) is 10.7. The van der Waals surface area contributed by atoms with Crippen molar-refractivity contribution < 1.29 is 9.84 Å². The molecule has 2 aromatic rings. The van der Waals surface area contributed by atoms with Crippen LogP contribution in [0.4, 0.5) is 5.82 Å². The molecule has 0 amide bonds. The fourth-order valence-electron chi connectivity index (χ4n) is 3.06. The second-order valence-corrected chi connectivity index (χ2v) is 5.38. The van der Waals surface area contributed by atoms with Gasteiger partial charge in [0.2, 0.25) is 0 Å². The summed E-state index contributed by atoms with van der Waals surface area (Å²) in [5.74, 6) is 0.901. The molecule has 0 saturated carbocycles. The number of nitriles is 1. The van der Waals surface area contributed by atoms with Crippen LogP contribution >= 0.6 is 0 Å². The molecule has 5 nitrogen and oxygen atoms in total. The summed E-state index contributed by atoms with van der Waals surface area (Å²) in [6, 6.07) is 7.07. The summed E-state index contributed by atoms with van der Waals surface area (Å²) >= 11 is 0.